The normalized spacial score (nSPS) is 13.3. The molecule has 10 aromatic carbocycles. The van der Waals surface area contributed by atoms with Gasteiger partial charge in [-0.25, -0.2) is 0 Å². The van der Waals surface area contributed by atoms with Crippen molar-refractivity contribution < 1.29 is 0 Å². The first-order chi connectivity index (χ1) is 32.7. The van der Waals surface area contributed by atoms with Crippen LogP contribution in [0.4, 0.5) is 17.1 Å². The molecule has 0 atom stereocenters. The average Bonchev–Trinajstić information content (AvgIpc) is 3.70. The number of anilines is 3. The number of hydrogen-bond donors (Lipinski definition) is 0. The van der Waals surface area contributed by atoms with E-state index in [1.165, 1.54) is 108 Å². The molecule has 0 bridgehead atoms. The van der Waals surface area contributed by atoms with Crippen LogP contribution in [0.2, 0.25) is 0 Å². The Hall–Kier alpha value is -8.00. The molecule has 0 saturated heterocycles. The number of aryl methyl sites for hydroxylation is 1. The molecule has 0 spiro atoms. The van der Waals surface area contributed by atoms with Crippen molar-refractivity contribution in [3.05, 3.63) is 282 Å². The molecule has 2 aliphatic rings. The fourth-order valence-electron chi connectivity index (χ4n) is 11.1. The van der Waals surface area contributed by atoms with E-state index in [9.17, 15) is 0 Å². The smallest absolute Gasteiger partial charge is 0.0714 e. The third-order valence-corrected chi connectivity index (χ3v) is 14.2. The fourth-order valence-corrected chi connectivity index (χ4v) is 11.1. The number of fused-ring (bicyclic) bond motifs is 4. The molecule has 314 valence electrons. The Bertz CT molecular complexity index is 3260. The highest BCUT2D eigenvalue weighted by molar-refractivity contribution is 5.97. The molecule has 10 aromatic rings. The lowest BCUT2D eigenvalue weighted by Crippen LogP contribution is -2.28. The van der Waals surface area contributed by atoms with Crippen molar-refractivity contribution in [2.75, 3.05) is 4.90 Å². The monoisotopic (exact) mass is 843 g/mol. The van der Waals surface area contributed by atoms with Gasteiger partial charge in [-0.1, -0.05) is 212 Å². The van der Waals surface area contributed by atoms with Gasteiger partial charge in [0, 0.05) is 16.9 Å². The average molecular weight is 844 g/mol. The minimum Gasteiger partial charge on any atom is -0.310 e. The SMILES string of the molecule is c1ccc(-c2ccc(-c3ccc(N(c4ccc(-c5ccccc5)cc4)c4cc5c(cc4-c4cccc6c4CCCC6)-c4ccccc4C5(c4ccccc4)c4ccccc4)cc3)cc2)cc1. The van der Waals surface area contributed by atoms with Crippen LogP contribution in [0, 0.1) is 0 Å². The van der Waals surface area contributed by atoms with Crippen LogP contribution in [-0.2, 0) is 18.3 Å². The van der Waals surface area contributed by atoms with Gasteiger partial charge in [-0.3, -0.25) is 0 Å². The third kappa shape index (κ3) is 6.79. The summed E-state index contributed by atoms with van der Waals surface area (Å²) in [7, 11) is 0. The van der Waals surface area contributed by atoms with Crippen LogP contribution in [0.5, 0.6) is 0 Å². The van der Waals surface area contributed by atoms with Gasteiger partial charge in [0.05, 0.1) is 11.1 Å². The zero-order chi connectivity index (χ0) is 43.9. The molecule has 1 heteroatoms. The van der Waals surface area contributed by atoms with Crippen LogP contribution >= 0.6 is 0 Å². The summed E-state index contributed by atoms with van der Waals surface area (Å²) in [6.07, 6.45) is 4.64. The van der Waals surface area contributed by atoms with Crippen molar-refractivity contribution in [1.82, 2.24) is 0 Å². The molecule has 2 aliphatic carbocycles. The van der Waals surface area contributed by atoms with Crippen molar-refractivity contribution in [1.29, 1.82) is 0 Å². The molecule has 0 amide bonds. The van der Waals surface area contributed by atoms with E-state index in [4.69, 9.17) is 0 Å². The molecule has 0 N–H and O–H groups in total. The minimum atomic E-state index is -0.545. The highest BCUT2D eigenvalue weighted by Gasteiger charge is 2.47. The van der Waals surface area contributed by atoms with Crippen LogP contribution in [0.3, 0.4) is 0 Å². The van der Waals surface area contributed by atoms with Gasteiger partial charge in [0.2, 0.25) is 0 Å². The van der Waals surface area contributed by atoms with Crippen molar-refractivity contribution in [2.24, 2.45) is 0 Å². The molecule has 1 nitrogen and oxygen atoms in total. The van der Waals surface area contributed by atoms with E-state index in [0.29, 0.717) is 0 Å². The van der Waals surface area contributed by atoms with Crippen molar-refractivity contribution in [3.63, 3.8) is 0 Å². The predicted octanol–water partition coefficient (Wildman–Crippen LogP) is 17.1. The third-order valence-electron chi connectivity index (χ3n) is 14.2. The van der Waals surface area contributed by atoms with Crippen LogP contribution in [0.1, 0.15) is 46.2 Å². The molecule has 0 aliphatic heterocycles. The summed E-state index contributed by atoms with van der Waals surface area (Å²) in [6, 6.07) is 92.4. The Morgan fingerprint density at radius 3 is 1.29 bits per heavy atom. The Morgan fingerprint density at radius 1 is 0.303 bits per heavy atom. The Kier molecular flexibility index (Phi) is 10.1. The second-order valence-electron chi connectivity index (χ2n) is 17.8. The summed E-state index contributed by atoms with van der Waals surface area (Å²) >= 11 is 0. The molecule has 0 unspecified atom stereocenters. The van der Waals surface area contributed by atoms with E-state index < -0.39 is 5.41 Å². The van der Waals surface area contributed by atoms with Gasteiger partial charge in [-0.05, 0) is 146 Å². The van der Waals surface area contributed by atoms with Crippen molar-refractivity contribution in [2.45, 2.75) is 31.1 Å². The molecule has 0 saturated carbocycles. The van der Waals surface area contributed by atoms with Gasteiger partial charge < -0.3 is 4.90 Å². The molecule has 12 rings (SSSR count). The minimum absolute atomic E-state index is 0.545. The van der Waals surface area contributed by atoms with Gasteiger partial charge in [0.15, 0.2) is 0 Å². The zero-order valence-electron chi connectivity index (χ0n) is 36.9. The van der Waals surface area contributed by atoms with Crippen LogP contribution in [0.15, 0.2) is 249 Å². The summed E-state index contributed by atoms with van der Waals surface area (Å²) < 4.78 is 0. The van der Waals surface area contributed by atoms with E-state index in [2.05, 4.69) is 254 Å². The summed E-state index contributed by atoms with van der Waals surface area (Å²) in [4.78, 5) is 2.53. The number of rotatable bonds is 9. The second-order valence-corrected chi connectivity index (χ2v) is 17.8. The first-order valence-electron chi connectivity index (χ1n) is 23.5. The first kappa shape index (κ1) is 39.6. The van der Waals surface area contributed by atoms with Gasteiger partial charge in [0.1, 0.15) is 0 Å². The standard InChI is InChI=1S/C65H49N/c1-5-18-46(19-6-1)48-32-34-49(35-33-48)51-38-42-56(43-39-51)66(55-40-36-50(37-41-55)47-20-7-2-8-21-47)64-45-63-60(44-61(64)58-30-17-23-52-22-13-14-28-57(52)58)59-29-15-16-31-62(59)65(63,53-24-9-3-10-25-53)54-26-11-4-12-27-54/h1-12,15-21,23-27,29-45H,13-14,22,28H2. The molecule has 0 fully saturated rings. The Balaban J connectivity index is 1.11. The van der Waals surface area contributed by atoms with E-state index in [1.54, 1.807) is 0 Å². The molecule has 0 radical (unpaired) electrons. The number of benzene rings is 10. The van der Waals surface area contributed by atoms with Crippen LogP contribution < -0.4 is 4.90 Å². The lowest BCUT2D eigenvalue weighted by Gasteiger charge is -2.36. The quantitative estimate of drug-likeness (QED) is 0.140. The van der Waals surface area contributed by atoms with Crippen molar-refractivity contribution >= 4 is 17.1 Å². The number of nitrogens with zero attached hydrogens (tertiary/aromatic N) is 1. The lowest BCUT2D eigenvalue weighted by molar-refractivity contribution is 0.687. The second kappa shape index (κ2) is 16.8. The summed E-state index contributed by atoms with van der Waals surface area (Å²) in [5.41, 5.74) is 23.4. The maximum absolute atomic E-state index is 2.56. The topological polar surface area (TPSA) is 3.24 Å². The fraction of sp³-hybridized carbons (Fsp3) is 0.0769. The van der Waals surface area contributed by atoms with E-state index in [1.807, 2.05) is 0 Å². The van der Waals surface area contributed by atoms with Crippen LogP contribution in [-0.4, -0.2) is 0 Å². The zero-order valence-corrected chi connectivity index (χ0v) is 36.9. The van der Waals surface area contributed by atoms with Crippen molar-refractivity contribution in [3.8, 4) is 55.6 Å². The number of hydrogen-bond acceptors (Lipinski definition) is 1. The lowest BCUT2D eigenvalue weighted by atomic mass is 9.67. The van der Waals surface area contributed by atoms with Gasteiger partial charge in [-0.15, -0.1) is 0 Å². The van der Waals surface area contributed by atoms with E-state index >= 15 is 0 Å². The van der Waals surface area contributed by atoms with Gasteiger partial charge in [-0.2, -0.15) is 0 Å². The molecule has 0 heterocycles. The summed E-state index contributed by atoms with van der Waals surface area (Å²) in [6.45, 7) is 0. The van der Waals surface area contributed by atoms with E-state index in [0.717, 1.165) is 24.2 Å². The maximum atomic E-state index is 2.56. The van der Waals surface area contributed by atoms with Gasteiger partial charge >= 0.3 is 0 Å². The predicted molar refractivity (Wildman–Crippen MR) is 277 cm³/mol. The highest BCUT2D eigenvalue weighted by Crippen LogP contribution is 2.59. The van der Waals surface area contributed by atoms with E-state index in [-0.39, 0.29) is 0 Å². The van der Waals surface area contributed by atoms with Crippen LogP contribution in [0.25, 0.3) is 55.6 Å². The highest BCUT2D eigenvalue weighted by atomic mass is 15.1. The first-order valence-corrected chi connectivity index (χ1v) is 23.5. The molecule has 0 aromatic heterocycles. The molecular formula is C65H49N. The van der Waals surface area contributed by atoms with Gasteiger partial charge in [0.25, 0.3) is 0 Å². The molecular weight excluding hydrogens is 795 g/mol. The largest absolute Gasteiger partial charge is 0.310 e. The Morgan fingerprint density at radius 2 is 0.742 bits per heavy atom. The Labute approximate surface area is 389 Å². The maximum Gasteiger partial charge on any atom is 0.0714 e. The summed E-state index contributed by atoms with van der Waals surface area (Å²) in [5, 5.41) is 0. The molecule has 66 heavy (non-hydrogen) atoms. The summed E-state index contributed by atoms with van der Waals surface area (Å²) in [5.74, 6) is 0.